The second-order valence-electron chi connectivity index (χ2n) is 10.7. The van der Waals surface area contributed by atoms with Gasteiger partial charge >= 0.3 is 0 Å². The van der Waals surface area contributed by atoms with Gasteiger partial charge in [0.1, 0.15) is 11.6 Å². The summed E-state index contributed by atoms with van der Waals surface area (Å²) >= 11 is 7.69. The number of aromatic nitrogens is 2. The SMILES string of the molecule is COc1cc(C(C)(C)c2cnc(SCc3c(F)cc(C(=O)NCCCCN=C(N)N)cc3Cl)n2-c2ccc(F)cc2)ccc1F. The van der Waals surface area contributed by atoms with Gasteiger partial charge in [-0.1, -0.05) is 43.3 Å². The highest BCUT2D eigenvalue weighted by Gasteiger charge is 2.30. The average molecular weight is 659 g/mol. The van der Waals surface area contributed by atoms with Gasteiger partial charge in [-0.15, -0.1) is 0 Å². The zero-order valence-corrected chi connectivity index (χ0v) is 26.6. The van der Waals surface area contributed by atoms with E-state index < -0.39 is 28.8 Å². The minimum Gasteiger partial charge on any atom is -0.494 e. The second kappa shape index (κ2) is 14.7. The molecular weight excluding hydrogens is 625 g/mol. The normalized spacial score (nSPS) is 11.4. The van der Waals surface area contributed by atoms with Crippen LogP contribution in [0.25, 0.3) is 5.69 Å². The topological polar surface area (TPSA) is 121 Å². The first kappa shape index (κ1) is 33.7. The van der Waals surface area contributed by atoms with Gasteiger partial charge in [0.15, 0.2) is 22.7 Å². The fourth-order valence-electron chi connectivity index (χ4n) is 4.67. The zero-order chi connectivity index (χ0) is 32.7. The molecule has 1 amide bonds. The summed E-state index contributed by atoms with van der Waals surface area (Å²) in [6, 6.07) is 13.1. The number of benzene rings is 3. The lowest BCUT2D eigenvalue weighted by atomic mass is 9.81. The van der Waals surface area contributed by atoms with Gasteiger partial charge in [-0.25, -0.2) is 18.2 Å². The number of rotatable bonds is 13. The number of thioether (sulfide) groups is 1. The van der Waals surface area contributed by atoms with Gasteiger partial charge in [-0.2, -0.15) is 0 Å². The number of nitrogens with zero attached hydrogens (tertiary/aromatic N) is 3. The summed E-state index contributed by atoms with van der Waals surface area (Å²) in [4.78, 5) is 21.1. The molecule has 1 aromatic heterocycles. The molecule has 0 spiro atoms. The van der Waals surface area contributed by atoms with Crippen molar-refractivity contribution in [2.75, 3.05) is 20.2 Å². The van der Waals surface area contributed by atoms with Crippen molar-refractivity contribution in [1.29, 1.82) is 0 Å². The van der Waals surface area contributed by atoms with Gasteiger partial charge in [0.05, 0.1) is 19.0 Å². The molecule has 0 aliphatic rings. The molecule has 0 saturated heterocycles. The minimum absolute atomic E-state index is 0.0113. The van der Waals surface area contributed by atoms with Crippen molar-refractivity contribution in [1.82, 2.24) is 14.9 Å². The van der Waals surface area contributed by atoms with E-state index in [-0.39, 0.29) is 33.6 Å². The van der Waals surface area contributed by atoms with E-state index in [0.717, 1.165) is 17.3 Å². The number of carbonyl (C=O) groups excluding carboxylic acids is 1. The first-order valence-corrected chi connectivity index (χ1v) is 15.4. The Morgan fingerprint density at radius 3 is 2.47 bits per heavy atom. The number of unbranched alkanes of at least 4 members (excludes halogenated alkanes) is 1. The standard InChI is InChI=1S/C32H34ClF3N6O2S/c1-32(2,20-6-11-25(35)27(16-20)44-3)28-17-41-31(42(28)22-9-7-21(34)8-10-22)45-18-23-24(33)14-19(15-26(23)36)29(43)39-12-4-5-13-40-30(37)38/h6-11,14-17H,4-5,12-13,18H2,1-3H3,(H,39,43)(H4,37,38,40). The maximum atomic E-state index is 15.3. The Balaban J connectivity index is 1.57. The maximum absolute atomic E-state index is 15.3. The number of guanidine groups is 1. The van der Waals surface area contributed by atoms with E-state index in [4.69, 9.17) is 27.8 Å². The fraction of sp³-hybridized carbons (Fsp3) is 0.281. The molecule has 8 nitrogen and oxygen atoms in total. The summed E-state index contributed by atoms with van der Waals surface area (Å²) < 4.78 is 50.4. The molecule has 0 radical (unpaired) electrons. The molecular formula is C32H34ClF3N6O2S. The number of nitrogens with one attached hydrogen (secondary N) is 1. The number of hydrogen-bond acceptors (Lipinski definition) is 5. The summed E-state index contributed by atoms with van der Waals surface area (Å²) in [5, 5.41) is 3.33. The molecule has 4 rings (SSSR count). The number of halogens is 4. The summed E-state index contributed by atoms with van der Waals surface area (Å²) in [7, 11) is 1.40. The van der Waals surface area contributed by atoms with E-state index >= 15 is 4.39 Å². The largest absolute Gasteiger partial charge is 0.494 e. The molecule has 3 aromatic carbocycles. The number of amides is 1. The van der Waals surface area contributed by atoms with Crippen LogP contribution in [0.15, 0.2) is 70.9 Å². The van der Waals surface area contributed by atoms with Crippen molar-refractivity contribution in [3.8, 4) is 11.4 Å². The first-order chi connectivity index (χ1) is 21.4. The van der Waals surface area contributed by atoms with Gasteiger partial charge in [0, 0.05) is 46.1 Å². The Labute approximate surface area is 269 Å². The van der Waals surface area contributed by atoms with Crippen molar-refractivity contribution in [3.05, 3.63) is 106 Å². The third kappa shape index (κ3) is 8.12. The van der Waals surface area contributed by atoms with Crippen LogP contribution < -0.4 is 21.5 Å². The van der Waals surface area contributed by atoms with Crippen molar-refractivity contribution >= 4 is 35.2 Å². The highest BCUT2D eigenvalue weighted by molar-refractivity contribution is 7.98. The van der Waals surface area contributed by atoms with Gasteiger partial charge in [-0.05, 0) is 66.9 Å². The van der Waals surface area contributed by atoms with Crippen LogP contribution in [0.5, 0.6) is 5.75 Å². The molecule has 45 heavy (non-hydrogen) atoms. The van der Waals surface area contributed by atoms with E-state index in [1.54, 1.807) is 30.5 Å². The predicted molar refractivity (Wildman–Crippen MR) is 172 cm³/mol. The van der Waals surface area contributed by atoms with Crippen LogP contribution in [0.3, 0.4) is 0 Å². The highest BCUT2D eigenvalue weighted by atomic mass is 35.5. The molecule has 1 heterocycles. The molecule has 238 valence electrons. The Kier molecular flexibility index (Phi) is 11.1. The molecule has 4 aromatic rings. The summed E-state index contributed by atoms with van der Waals surface area (Å²) in [5.74, 6) is -1.76. The molecule has 5 N–H and O–H groups in total. The van der Waals surface area contributed by atoms with Gasteiger partial charge in [0.25, 0.3) is 5.91 Å². The number of aliphatic imine (C=N–C) groups is 1. The van der Waals surface area contributed by atoms with E-state index in [9.17, 15) is 13.6 Å². The Bertz CT molecular complexity index is 1670. The van der Waals surface area contributed by atoms with E-state index in [2.05, 4.69) is 15.3 Å². The number of ether oxygens (including phenoxy) is 1. The first-order valence-electron chi connectivity index (χ1n) is 14.0. The van der Waals surface area contributed by atoms with E-state index in [1.165, 1.54) is 43.1 Å². The number of methoxy groups -OCH3 is 1. The quantitative estimate of drug-likeness (QED) is 0.0666. The van der Waals surface area contributed by atoms with Crippen LogP contribution >= 0.6 is 23.4 Å². The average Bonchev–Trinajstić information content (AvgIpc) is 3.43. The van der Waals surface area contributed by atoms with Gasteiger partial charge in [-0.3, -0.25) is 14.4 Å². The zero-order valence-electron chi connectivity index (χ0n) is 25.0. The molecule has 0 aliphatic carbocycles. The molecule has 0 saturated carbocycles. The Hall–Kier alpha value is -4.16. The van der Waals surface area contributed by atoms with E-state index in [1.807, 2.05) is 18.4 Å². The van der Waals surface area contributed by atoms with E-state index in [0.29, 0.717) is 36.8 Å². The molecule has 0 fully saturated rings. The lowest BCUT2D eigenvalue weighted by Crippen LogP contribution is -2.25. The smallest absolute Gasteiger partial charge is 0.251 e. The number of imidazole rings is 1. The molecule has 0 bridgehead atoms. The highest BCUT2D eigenvalue weighted by Crippen LogP contribution is 2.39. The van der Waals surface area contributed by atoms with Gasteiger partial charge < -0.3 is 21.5 Å². The molecule has 0 aliphatic heterocycles. The molecule has 13 heteroatoms. The number of hydrogen-bond donors (Lipinski definition) is 3. The Morgan fingerprint density at radius 1 is 1.07 bits per heavy atom. The summed E-state index contributed by atoms with van der Waals surface area (Å²) in [5.41, 5.74) is 12.3. The number of carbonyl (C=O) groups is 1. The van der Waals surface area contributed by atoms with Crippen molar-refractivity contribution in [3.63, 3.8) is 0 Å². The molecule has 0 unspecified atom stereocenters. The second-order valence-corrected chi connectivity index (χ2v) is 12.0. The predicted octanol–water partition coefficient (Wildman–Crippen LogP) is 6.35. The van der Waals surface area contributed by atoms with Crippen LogP contribution in [-0.4, -0.2) is 41.6 Å². The lowest BCUT2D eigenvalue weighted by molar-refractivity contribution is 0.0952. The monoisotopic (exact) mass is 658 g/mol. The third-order valence-corrected chi connectivity index (χ3v) is 8.56. The third-order valence-electron chi connectivity index (χ3n) is 7.24. The van der Waals surface area contributed by atoms with Crippen LogP contribution in [0.1, 0.15) is 53.9 Å². The molecule has 0 atom stereocenters. The van der Waals surface area contributed by atoms with Crippen molar-refractivity contribution in [2.45, 2.75) is 43.0 Å². The number of nitrogens with two attached hydrogens (primary N) is 2. The van der Waals surface area contributed by atoms with Gasteiger partial charge in [0.2, 0.25) is 0 Å². The Morgan fingerprint density at radius 2 is 1.80 bits per heavy atom. The maximum Gasteiger partial charge on any atom is 0.251 e. The van der Waals surface area contributed by atoms with Crippen LogP contribution in [0, 0.1) is 17.5 Å². The summed E-state index contributed by atoms with van der Waals surface area (Å²) in [6.45, 7) is 4.72. The fourth-order valence-corrected chi connectivity index (χ4v) is 6.05. The lowest BCUT2D eigenvalue weighted by Gasteiger charge is -2.28. The van der Waals surface area contributed by atoms with Crippen molar-refractivity contribution in [2.24, 2.45) is 16.5 Å². The van der Waals surface area contributed by atoms with Crippen LogP contribution in [0.2, 0.25) is 5.02 Å². The minimum atomic E-state index is -0.704. The summed E-state index contributed by atoms with van der Waals surface area (Å²) in [6.07, 6.45) is 3.00. The van der Waals surface area contributed by atoms with Crippen molar-refractivity contribution < 1.29 is 22.7 Å². The van der Waals surface area contributed by atoms with Crippen LogP contribution in [-0.2, 0) is 11.2 Å². The van der Waals surface area contributed by atoms with Crippen LogP contribution in [0.4, 0.5) is 13.2 Å².